The first-order valence-electron chi connectivity index (χ1n) is 5.77. The van der Waals surface area contributed by atoms with Gasteiger partial charge in [-0.1, -0.05) is 11.3 Å². The van der Waals surface area contributed by atoms with Gasteiger partial charge >= 0.3 is 5.69 Å². The van der Waals surface area contributed by atoms with E-state index in [0.717, 1.165) is 6.07 Å². The van der Waals surface area contributed by atoms with Crippen LogP contribution in [0.5, 0.6) is 0 Å². The number of nitrogens with one attached hydrogen (secondary N) is 3. The van der Waals surface area contributed by atoms with Gasteiger partial charge in [-0.2, -0.15) is 4.72 Å². The van der Waals surface area contributed by atoms with E-state index in [2.05, 4.69) is 15.5 Å². The number of hydrogen-bond donors (Lipinski definition) is 4. The Morgan fingerprint density at radius 1 is 1.57 bits per heavy atom. The highest BCUT2D eigenvalue weighted by molar-refractivity contribution is 7.91. The SMILES string of the molecule is CCNC(=O)C(C)NS(=O)(=O)c1cc([N+](=O)[O-])c(NN)s1. The maximum Gasteiger partial charge on any atom is 0.306 e. The minimum atomic E-state index is -4.06. The number of likely N-dealkylation sites (N-methyl/N-ethyl adjacent to an activating group) is 1. The highest BCUT2D eigenvalue weighted by atomic mass is 32.2. The standard InChI is InChI=1S/C9H15N5O5S2/c1-3-11-8(15)5(2)13-21(18,19)7-4-6(14(16)17)9(12-10)20-7/h4-5,12-13H,3,10H2,1-2H3,(H,11,15). The summed E-state index contributed by atoms with van der Waals surface area (Å²) in [6.45, 7) is 3.42. The number of carbonyl (C=O) groups is 1. The molecule has 1 amide bonds. The summed E-state index contributed by atoms with van der Waals surface area (Å²) in [4.78, 5) is 21.5. The molecule has 0 aliphatic rings. The van der Waals surface area contributed by atoms with Gasteiger partial charge in [0.25, 0.3) is 10.0 Å². The van der Waals surface area contributed by atoms with Crippen molar-refractivity contribution in [2.24, 2.45) is 5.84 Å². The van der Waals surface area contributed by atoms with Gasteiger partial charge in [0.2, 0.25) is 5.91 Å². The smallest absolute Gasteiger partial charge is 0.306 e. The van der Waals surface area contributed by atoms with Gasteiger partial charge in [0.05, 0.1) is 11.0 Å². The van der Waals surface area contributed by atoms with E-state index in [1.54, 1.807) is 6.92 Å². The number of hydrogen-bond acceptors (Lipinski definition) is 8. The van der Waals surface area contributed by atoms with Crippen LogP contribution in [0.2, 0.25) is 0 Å². The van der Waals surface area contributed by atoms with Crippen LogP contribution in [-0.2, 0) is 14.8 Å². The van der Waals surface area contributed by atoms with Gasteiger partial charge in [-0.3, -0.25) is 14.9 Å². The van der Waals surface area contributed by atoms with Crippen LogP contribution in [0.3, 0.4) is 0 Å². The molecule has 0 aliphatic carbocycles. The number of nitrogens with zero attached hydrogens (tertiary/aromatic N) is 1. The van der Waals surface area contributed by atoms with E-state index in [9.17, 15) is 23.3 Å². The van der Waals surface area contributed by atoms with Gasteiger partial charge < -0.3 is 10.7 Å². The van der Waals surface area contributed by atoms with Crippen LogP contribution in [0.1, 0.15) is 13.8 Å². The minimum Gasteiger partial charge on any atom is -0.355 e. The molecule has 0 spiro atoms. The predicted octanol–water partition coefficient (Wildman–Crippen LogP) is -0.255. The molecule has 5 N–H and O–H groups in total. The zero-order chi connectivity index (χ0) is 16.2. The van der Waals surface area contributed by atoms with Crippen LogP contribution in [0, 0.1) is 10.1 Å². The average molecular weight is 337 g/mol. The van der Waals surface area contributed by atoms with Gasteiger partial charge in [0.15, 0.2) is 5.00 Å². The lowest BCUT2D eigenvalue weighted by Crippen LogP contribution is -2.44. The Balaban J connectivity index is 3.03. The van der Waals surface area contributed by atoms with Gasteiger partial charge in [0, 0.05) is 12.6 Å². The third kappa shape index (κ3) is 4.10. The third-order valence-corrected chi connectivity index (χ3v) is 5.43. The van der Waals surface area contributed by atoms with E-state index >= 15 is 0 Å². The third-order valence-electron chi connectivity index (χ3n) is 2.36. The Bertz CT molecular complexity index is 641. The number of sulfonamides is 1. The van der Waals surface area contributed by atoms with Gasteiger partial charge in [-0.15, -0.1) is 0 Å². The fraction of sp³-hybridized carbons (Fsp3) is 0.444. The molecule has 1 unspecified atom stereocenters. The van der Waals surface area contributed by atoms with E-state index in [0.29, 0.717) is 17.9 Å². The Kier molecular flexibility index (Phi) is 5.60. The van der Waals surface area contributed by atoms with Crippen molar-refractivity contribution in [1.29, 1.82) is 0 Å². The number of nitro groups is 1. The van der Waals surface area contributed by atoms with E-state index < -0.39 is 32.6 Å². The normalized spacial score (nSPS) is 12.7. The molecule has 10 nitrogen and oxygen atoms in total. The molecule has 0 radical (unpaired) electrons. The van der Waals surface area contributed by atoms with Gasteiger partial charge in [-0.25, -0.2) is 14.3 Å². The maximum absolute atomic E-state index is 12.1. The summed E-state index contributed by atoms with van der Waals surface area (Å²) in [7, 11) is -4.06. The molecule has 0 saturated carbocycles. The fourth-order valence-electron chi connectivity index (χ4n) is 1.40. The van der Waals surface area contributed by atoms with Crippen LogP contribution < -0.4 is 21.3 Å². The van der Waals surface area contributed by atoms with Crippen molar-refractivity contribution in [2.45, 2.75) is 24.1 Å². The number of hydrazine groups is 1. The summed E-state index contributed by atoms with van der Waals surface area (Å²) in [5, 5.41) is 13.1. The second kappa shape index (κ2) is 6.80. The van der Waals surface area contributed by atoms with E-state index in [1.807, 2.05) is 0 Å². The topological polar surface area (TPSA) is 156 Å². The lowest BCUT2D eigenvalue weighted by Gasteiger charge is -2.12. The molecule has 118 valence electrons. The Hall–Kier alpha value is -1.76. The summed E-state index contributed by atoms with van der Waals surface area (Å²) >= 11 is 0.602. The van der Waals surface area contributed by atoms with Crippen LogP contribution in [0.15, 0.2) is 10.3 Å². The molecule has 0 aliphatic heterocycles. The first-order chi connectivity index (χ1) is 9.72. The van der Waals surface area contributed by atoms with Crippen molar-refractivity contribution in [3.05, 3.63) is 16.2 Å². The molecule has 12 heteroatoms. The van der Waals surface area contributed by atoms with Crippen molar-refractivity contribution >= 4 is 38.0 Å². The first-order valence-corrected chi connectivity index (χ1v) is 8.07. The number of anilines is 1. The highest BCUT2D eigenvalue weighted by Gasteiger charge is 2.28. The monoisotopic (exact) mass is 337 g/mol. The molecule has 0 fully saturated rings. The van der Waals surface area contributed by atoms with E-state index in [1.165, 1.54) is 6.92 Å². The summed E-state index contributed by atoms with van der Waals surface area (Å²) < 4.78 is 26.0. The van der Waals surface area contributed by atoms with Crippen molar-refractivity contribution in [3.8, 4) is 0 Å². The second-order valence-electron chi connectivity index (χ2n) is 3.92. The predicted molar refractivity (Wildman–Crippen MR) is 77.3 cm³/mol. The Morgan fingerprint density at radius 2 is 2.19 bits per heavy atom. The van der Waals surface area contributed by atoms with Gasteiger partial charge in [0.1, 0.15) is 4.21 Å². The molecular formula is C9H15N5O5S2. The molecule has 0 saturated heterocycles. The van der Waals surface area contributed by atoms with Crippen molar-refractivity contribution < 1.29 is 18.1 Å². The number of rotatable bonds is 7. The summed E-state index contributed by atoms with van der Waals surface area (Å²) in [6, 6.07) is -0.127. The number of thiophene rings is 1. The largest absolute Gasteiger partial charge is 0.355 e. The molecular weight excluding hydrogens is 322 g/mol. The number of nitrogen functional groups attached to an aromatic ring is 1. The number of amides is 1. The highest BCUT2D eigenvalue weighted by Crippen LogP contribution is 2.36. The van der Waals surface area contributed by atoms with Crippen molar-refractivity contribution in [2.75, 3.05) is 12.0 Å². The molecule has 0 bridgehead atoms. The summed E-state index contributed by atoms with van der Waals surface area (Å²) in [5.74, 6) is 4.61. The number of nitrogens with two attached hydrogens (primary N) is 1. The Labute approximate surface area is 124 Å². The summed E-state index contributed by atoms with van der Waals surface area (Å²) in [5.41, 5.74) is 1.62. The fourth-order valence-corrected chi connectivity index (χ4v) is 3.86. The van der Waals surface area contributed by atoms with Crippen molar-refractivity contribution in [3.63, 3.8) is 0 Å². The minimum absolute atomic E-state index is 0.0916. The zero-order valence-electron chi connectivity index (χ0n) is 11.2. The molecule has 0 aromatic carbocycles. The molecule has 1 aromatic heterocycles. The van der Waals surface area contributed by atoms with Crippen LogP contribution >= 0.6 is 11.3 Å². The quantitative estimate of drug-likeness (QED) is 0.303. The molecule has 1 rings (SSSR count). The molecule has 1 heterocycles. The molecule has 1 atom stereocenters. The first kappa shape index (κ1) is 17.3. The molecule has 1 aromatic rings. The van der Waals surface area contributed by atoms with Gasteiger partial charge in [-0.05, 0) is 13.8 Å². The average Bonchev–Trinajstić information content (AvgIpc) is 2.83. The zero-order valence-corrected chi connectivity index (χ0v) is 12.9. The second-order valence-corrected chi connectivity index (χ2v) is 6.91. The van der Waals surface area contributed by atoms with Crippen LogP contribution in [-0.4, -0.2) is 31.8 Å². The summed E-state index contributed by atoms with van der Waals surface area (Å²) in [6.07, 6.45) is 0. The van der Waals surface area contributed by atoms with Crippen LogP contribution in [0.25, 0.3) is 0 Å². The lowest BCUT2D eigenvalue weighted by atomic mass is 10.3. The maximum atomic E-state index is 12.1. The Morgan fingerprint density at radius 3 is 2.62 bits per heavy atom. The van der Waals surface area contributed by atoms with E-state index in [-0.39, 0.29) is 9.21 Å². The van der Waals surface area contributed by atoms with E-state index in [4.69, 9.17) is 5.84 Å². The van der Waals surface area contributed by atoms with Crippen molar-refractivity contribution in [1.82, 2.24) is 10.0 Å². The van der Waals surface area contributed by atoms with Crippen LogP contribution in [0.4, 0.5) is 10.7 Å². The molecule has 21 heavy (non-hydrogen) atoms. The number of carbonyl (C=O) groups excluding carboxylic acids is 1. The lowest BCUT2D eigenvalue weighted by molar-refractivity contribution is -0.383.